The largest absolute Gasteiger partial charge is 0.456 e. The number of thiophene rings is 1. The summed E-state index contributed by atoms with van der Waals surface area (Å²) >= 11 is 1.83. The Balaban J connectivity index is 1.10. The number of benzene rings is 8. The maximum Gasteiger partial charge on any atom is 0.161 e. The fourth-order valence-electron chi connectivity index (χ4n) is 8.58. The number of para-hydroxylation sites is 3. The molecule has 0 bridgehead atoms. The molecule has 0 aliphatic carbocycles. The van der Waals surface area contributed by atoms with Crippen molar-refractivity contribution in [2.75, 3.05) is 0 Å². The number of hydrogen-bond donors (Lipinski definition) is 0. The fraction of sp³-hybridized carbons (Fsp3) is 0. The highest BCUT2D eigenvalue weighted by Crippen LogP contribution is 2.46. The molecule has 12 rings (SSSR count). The van der Waals surface area contributed by atoms with Crippen LogP contribution >= 0.6 is 11.3 Å². The van der Waals surface area contributed by atoms with Crippen LogP contribution in [0.4, 0.5) is 0 Å². The van der Waals surface area contributed by atoms with Crippen LogP contribution in [0.15, 0.2) is 192 Å². The van der Waals surface area contributed by atoms with Gasteiger partial charge in [0.25, 0.3) is 0 Å². The summed E-state index contributed by atoms with van der Waals surface area (Å²) in [7, 11) is 0. The second-order valence-corrected chi connectivity index (χ2v) is 15.5. The molecule has 0 aliphatic heterocycles. The highest BCUT2D eigenvalue weighted by molar-refractivity contribution is 7.27. The number of fused-ring (bicyclic) bond motifs is 10. The lowest BCUT2D eigenvalue weighted by Gasteiger charge is -2.11. The zero-order chi connectivity index (χ0) is 37.5. The van der Waals surface area contributed by atoms with E-state index in [-0.39, 0.29) is 0 Å². The molecule has 8 aromatic carbocycles. The minimum absolute atomic E-state index is 0.692. The van der Waals surface area contributed by atoms with Gasteiger partial charge in [0, 0.05) is 64.1 Å². The predicted octanol–water partition coefficient (Wildman–Crippen LogP) is 14.5. The maximum atomic E-state index is 6.35. The van der Waals surface area contributed by atoms with E-state index < -0.39 is 0 Å². The van der Waals surface area contributed by atoms with Crippen molar-refractivity contribution in [1.82, 2.24) is 14.5 Å². The normalized spacial score (nSPS) is 11.9. The van der Waals surface area contributed by atoms with Gasteiger partial charge in [0.05, 0.1) is 22.4 Å². The standard InChI is InChI=1S/C52H31N3OS/c1-3-13-32(14-4-1)33-15-11-16-34(29-33)43-31-44(35-25-26-38-37-19-8-10-24-47(37)56-48(38)30-35)54-52(53-43)42-22-12-21-39-40-27-28-46-49(51(40)57-50(39)42)41-20-7-9-23-45(41)55(46)36-17-5-2-6-18-36/h1-31H. The Morgan fingerprint density at radius 1 is 0.404 bits per heavy atom. The molecule has 0 saturated carbocycles. The molecule has 0 atom stereocenters. The number of hydrogen-bond acceptors (Lipinski definition) is 4. The summed E-state index contributed by atoms with van der Waals surface area (Å²) < 4.78 is 11.2. The van der Waals surface area contributed by atoms with E-state index in [1.54, 1.807) is 0 Å². The molecule has 0 N–H and O–H groups in total. The van der Waals surface area contributed by atoms with Crippen molar-refractivity contribution in [3.05, 3.63) is 188 Å². The third kappa shape index (κ3) is 5.06. The van der Waals surface area contributed by atoms with E-state index in [1.807, 2.05) is 23.5 Å². The van der Waals surface area contributed by atoms with Crippen LogP contribution in [0.3, 0.4) is 0 Å². The molecule has 0 unspecified atom stereocenters. The molecule has 0 aliphatic rings. The number of furan rings is 1. The van der Waals surface area contributed by atoms with Gasteiger partial charge in [-0.1, -0.05) is 127 Å². The number of nitrogens with zero attached hydrogens (tertiary/aromatic N) is 3. The summed E-state index contributed by atoms with van der Waals surface area (Å²) in [6, 6.07) is 66.4. The molecule has 0 saturated heterocycles. The van der Waals surface area contributed by atoms with E-state index in [2.05, 4.69) is 180 Å². The molecule has 4 heterocycles. The van der Waals surface area contributed by atoms with Crippen molar-refractivity contribution in [3.8, 4) is 50.7 Å². The molecule has 266 valence electrons. The first-order valence-corrected chi connectivity index (χ1v) is 20.0. The summed E-state index contributed by atoms with van der Waals surface area (Å²) in [6.07, 6.45) is 0. The minimum atomic E-state index is 0.692. The van der Waals surface area contributed by atoms with Gasteiger partial charge in [-0.2, -0.15) is 0 Å². The lowest BCUT2D eigenvalue weighted by Crippen LogP contribution is -1.96. The van der Waals surface area contributed by atoms with E-state index >= 15 is 0 Å². The van der Waals surface area contributed by atoms with Gasteiger partial charge in [-0.3, -0.25) is 0 Å². The lowest BCUT2D eigenvalue weighted by atomic mass is 10.00. The van der Waals surface area contributed by atoms with Crippen molar-refractivity contribution < 1.29 is 4.42 Å². The first-order chi connectivity index (χ1) is 28.2. The monoisotopic (exact) mass is 745 g/mol. The van der Waals surface area contributed by atoms with Gasteiger partial charge in [0.2, 0.25) is 0 Å². The van der Waals surface area contributed by atoms with E-state index in [4.69, 9.17) is 14.4 Å². The molecule has 0 fully saturated rings. The van der Waals surface area contributed by atoms with Crippen LogP contribution < -0.4 is 0 Å². The Labute approximate surface area is 331 Å². The van der Waals surface area contributed by atoms with Crippen LogP contribution in [0, 0.1) is 0 Å². The van der Waals surface area contributed by atoms with Crippen molar-refractivity contribution in [2.24, 2.45) is 0 Å². The zero-order valence-electron chi connectivity index (χ0n) is 30.6. The fourth-order valence-corrected chi connectivity index (χ4v) is 9.94. The SMILES string of the molecule is c1ccc(-c2cccc(-c3cc(-c4ccc5c(c4)oc4ccccc45)nc(-c4cccc5c4sc4c5ccc5c4c4ccccc4n5-c4ccccc4)n3)c2)cc1. The molecule has 57 heavy (non-hydrogen) atoms. The highest BCUT2D eigenvalue weighted by atomic mass is 32.1. The third-order valence-corrected chi connectivity index (χ3v) is 12.5. The molecule has 4 nitrogen and oxygen atoms in total. The third-order valence-electron chi connectivity index (χ3n) is 11.2. The molecule has 5 heteroatoms. The summed E-state index contributed by atoms with van der Waals surface area (Å²) in [5, 5.41) is 7.16. The predicted molar refractivity (Wildman–Crippen MR) is 238 cm³/mol. The Hall–Kier alpha value is -7.34. The summed E-state index contributed by atoms with van der Waals surface area (Å²) in [5.41, 5.74) is 12.3. The minimum Gasteiger partial charge on any atom is -0.456 e. The number of aromatic nitrogens is 3. The second-order valence-electron chi connectivity index (χ2n) is 14.5. The Kier molecular flexibility index (Phi) is 7.06. The van der Waals surface area contributed by atoms with Gasteiger partial charge in [-0.15, -0.1) is 11.3 Å². The summed E-state index contributed by atoms with van der Waals surface area (Å²) in [4.78, 5) is 10.7. The van der Waals surface area contributed by atoms with Gasteiger partial charge < -0.3 is 8.98 Å². The first-order valence-electron chi connectivity index (χ1n) is 19.1. The van der Waals surface area contributed by atoms with Gasteiger partial charge in [0.1, 0.15) is 11.2 Å². The quantitative estimate of drug-likeness (QED) is 0.176. The average Bonchev–Trinajstić information content (AvgIpc) is 3.96. The summed E-state index contributed by atoms with van der Waals surface area (Å²) in [6.45, 7) is 0. The van der Waals surface area contributed by atoms with Crippen molar-refractivity contribution in [3.63, 3.8) is 0 Å². The summed E-state index contributed by atoms with van der Waals surface area (Å²) in [5.74, 6) is 0.692. The second kappa shape index (κ2) is 12.6. The van der Waals surface area contributed by atoms with Crippen LogP contribution in [0.1, 0.15) is 0 Å². The smallest absolute Gasteiger partial charge is 0.161 e. The number of rotatable bonds is 5. The van der Waals surface area contributed by atoms with Gasteiger partial charge in [-0.05, 0) is 71.8 Å². The first kappa shape index (κ1) is 32.0. The average molecular weight is 746 g/mol. The molecule has 4 aromatic heterocycles. The van der Waals surface area contributed by atoms with E-state index in [0.717, 1.165) is 61.3 Å². The Morgan fingerprint density at radius 2 is 1.04 bits per heavy atom. The van der Waals surface area contributed by atoms with Crippen molar-refractivity contribution in [2.45, 2.75) is 0 Å². The molecule has 0 amide bonds. The molecule has 0 spiro atoms. The van der Waals surface area contributed by atoms with Gasteiger partial charge in [0.15, 0.2) is 5.82 Å². The Morgan fingerprint density at radius 3 is 1.89 bits per heavy atom. The van der Waals surface area contributed by atoms with Crippen LogP contribution in [-0.4, -0.2) is 14.5 Å². The van der Waals surface area contributed by atoms with Crippen LogP contribution in [0.5, 0.6) is 0 Å². The van der Waals surface area contributed by atoms with Crippen LogP contribution in [-0.2, 0) is 0 Å². The van der Waals surface area contributed by atoms with Crippen LogP contribution in [0.2, 0.25) is 0 Å². The van der Waals surface area contributed by atoms with Crippen LogP contribution in [0.25, 0.3) is 115 Å². The van der Waals surface area contributed by atoms with E-state index in [9.17, 15) is 0 Å². The van der Waals surface area contributed by atoms with E-state index in [0.29, 0.717) is 5.82 Å². The Bertz CT molecular complexity index is 3520. The molecule has 12 aromatic rings. The van der Waals surface area contributed by atoms with Crippen molar-refractivity contribution in [1.29, 1.82) is 0 Å². The molecular weight excluding hydrogens is 715 g/mol. The molecule has 0 radical (unpaired) electrons. The zero-order valence-corrected chi connectivity index (χ0v) is 31.4. The van der Waals surface area contributed by atoms with E-state index in [1.165, 1.54) is 47.5 Å². The van der Waals surface area contributed by atoms with Crippen molar-refractivity contribution >= 4 is 75.3 Å². The molecular formula is C52H31N3OS. The van der Waals surface area contributed by atoms with Gasteiger partial charge in [-0.25, -0.2) is 9.97 Å². The topological polar surface area (TPSA) is 43.9 Å². The maximum absolute atomic E-state index is 6.35. The highest BCUT2D eigenvalue weighted by Gasteiger charge is 2.21. The lowest BCUT2D eigenvalue weighted by molar-refractivity contribution is 0.669. The van der Waals surface area contributed by atoms with Gasteiger partial charge >= 0.3 is 0 Å².